The maximum Gasteiger partial charge on any atom is 0.135 e. The molecule has 12 heavy (non-hydrogen) atoms. The van der Waals surface area contributed by atoms with Crippen molar-refractivity contribution in [2.75, 3.05) is 39.4 Å². The van der Waals surface area contributed by atoms with Crippen LogP contribution < -0.4 is 0 Å². The third kappa shape index (κ3) is 1.99. The highest BCUT2D eigenvalue weighted by Crippen LogP contribution is 2.15. The van der Waals surface area contributed by atoms with Crippen molar-refractivity contribution in [2.45, 2.75) is 27.2 Å². The van der Waals surface area contributed by atoms with E-state index in [2.05, 4.69) is 25.7 Å². The molecule has 0 amide bonds. The summed E-state index contributed by atoms with van der Waals surface area (Å²) in [5.41, 5.74) is 0. The summed E-state index contributed by atoms with van der Waals surface area (Å²) in [5.74, 6) is 0. The fraction of sp³-hybridized carbons (Fsp3) is 1.00. The molecule has 0 radical (unpaired) electrons. The van der Waals surface area contributed by atoms with Crippen molar-refractivity contribution in [2.24, 2.45) is 0 Å². The van der Waals surface area contributed by atoms with E-state index in [1.165, 1.54) is 50.3 Å². The van der Waals surface area contributed by atoms with Crippen LogP contribution in [0.2, 0.25) is 0 Å². The maximum absolute atomic E-state index is 2.58. The number of hydrogen-bond donors (Lipinski definition) is 0. The van der Waals surface area contributed by atoms with E-state index in [4.69, 9.17) is 0 Å². The van der Waals surface area contributed by atoms with Crippen molar-refractivity contribution in [1.29, 1.82) is 0 Å². The van der Waals surface area contributed by atoms with Gasteiger partial charge in [-0.3, -0.25) is 4.90 Å². The van der Waals surface area contributed by atoms with Gasteiger partial charge in [0.2, 0.25) is 0 Å². The molecule has 1 aliphatic rings. The number of quaternary nitrogens is 1. The second-order valence-corrected chi connectivity index (χ2v) is 3.90. The third-order valence-electron chi connectivity index (χ3n) is 3.40. The topological polar surface area (TPSA) is 3.24 Å². The van der Waals surface area contributed by atoms with Gasteiger partial charge in [-0.05, 0) is 13.8 Å². The van der Waals surface area contributed by atoms with Gasteiger partial charge in [0.1, 0.15) is 6.67 Å². The van der Waals surface area contributed by atoms with Crippen LogP contribution in [0.5, 0.6) is 0 Å². The Morgan fingerprint density at radius 3 is 2.33 bits per heavy atom. The van der Waals surface area contributed by atoms with Crippen molar-refractivity contribution in [3.8, 4) is 0 Å². The van der Waals surface area contributed by atoms with E-state index in [1.54, 1.807) is 0 Å². The van der Waals surface area contributed by atoms with Gasteiger partial charge in [0.25, 0.3) is 0 Å². The van der Waals surface area contributed by atoms with Crippen molar-refractivity contribution >= 4 is 0 Å². The van der Waals surface area contributed by atoms with E-state index in [-0.39, 0.29) is 0 Å². The Balaban J connectivity index is 2.52. The van der Waals surface area contributed by atoms with Crippen LogP contribution in [0.15, 0.2) is 0 Å². The average molecular weight is 171 g/mol. The molecule has 0 aromatic heterocycles. The lowest BCUT2D eigenvalue weighted by atomic mass is 10.2. The summed E-state index contributed by atoms with van der Waals surface area (Å²) < 4.78 is 1.31. The summed E-state index contributed by atoms with van der Waals surface area (Å²) in [6.07, 6.45) is 1.38. The molecule has 2 nitrogen and oxygen atoms in total. The Labute approximate surface area is 76.7 Å². The summed E-state index contributed by atoms with van der Waals surface area (Å²) in [6, 6.07) is 0. The van der Waals surface area contributed by atoms with E-state index in [0.29, 0.717) is 0 Å². The zero-order chi connectivity index (χ0) is 9.03. The minimum Gasteiger partial charge on any atom is -0.312 e. The molecular formula is C10H23N2+. The molecule has 1 aliphatic heterocycles. The van der Waals surface area contributed by atoms with Gasteiger partial charge in [-0.1, -0.05) is 6.92 Å². The molecule has 0 bridgehead atoms. The SMILES string of the molecule is CCN1CCC[N+](CC)(CC)C1. The lowest BCUT2D eigenvalue weighted by molar-refractivity contribution is -0.939. The van der Waals surface area contributed by atoms with Gasteiger partial charge in [0.05, 0.1) is 19.6 Å². The molecule has 0 unspecified atom stereocenters. The number of rotatable bonds is 3. The van der Waals surface area contributed by atoms with Crippen LogP contribution in [0.1, 0.15) is 27.2 Å². The van der Waals surface area contributed by atoms with Crippen LogP contribution >= 0.6 is 0 Å². The molecule has 1 saturated heterocycles. The Morgan fingerprint density at radius 2 is 1.83 bits per heavy atom. The molecule has 0 aromatic carbocycles. The summed E-state index contributed by atoms with van der Waals surface area (Å²) >= 11 is 0. The van der Waals surface area contributed by atoms with Gasteiger partial charge < -0.3 is 4.48 Å². The van der Waals surface area contributed by atoms with E-state index in [1.807, 2.05) is 0 Å². The minimum atomic E-state index is 1.22. The highest BCUT2D eigenvalue weighted by atomic mass is 15.5. The Hall–Kier alpha value is -0.0800. The van der Waals surface area contributed by atoms with E-state index < -0.39 is 0 Å². The largest absolute Gasteiger partial charge is 0.312 e. The van der Waals surface area contributed by atoms with E-state index in [0.717, 1.165) is 0 Å². The number of hydrogen-bond acceptors (Lipinski definition) is 1. The van der Waals surface area contributed by atoms with Crippen LogP contribution in [0.25, 0.3) is 0 Å². The lowest BCUT2D eigenvalue weighted by Gasteiger charge is -2.44. The fourth-order valence-electron chi connectivity index (χ4n) is 2.19. The first-order valence-corrected chi connectivity index (χ1v) is 5.33. The van der Waals surface area contributed by atoms with Gasteiger partial charge in [-0.15, -0.1) is 0 Å². The molecule has 1 rings (SSSR count). The van der Waals surface area contributed by atoms with Crippen molar-refractivity contribution in [3.63, 3.8) is 0 Å². The quantitative estimate of drug-likeness (QED) is 0.582. The van der Waals surface area contributed by atoms with Crippen molar-refractivity contribution in [1.82, 2.24) is 4.90 Å². The molecule has 2 heteroatoms. The zero-order valence-electron chi connectivity index (χ0n) is 8.84. The highest BCUT2D eigenvalue weighted by molar-refractivity contribution is 4.57. The van der Waals surface area contributed by atoms with Crippen LogP contribution in [0.3, 0.4) is 0 Å². The molecule has 0 spiro atoms. The standard InChI is InChI=1S/C10H23N2/c1-4-11-8-7-9-12(5-2,6-3)10-11/h4-10H2,1-3H3/q+1. The maximum atomic E-state index is 2.58. The smallest absolute Gasteiger partial charge is 0.135 e. The molecule has 1 heterocycles. The normalized spacial score (nSPS) is 24.2. The van der Waals surface area contributed by atoms with Crippen molar-refractivity contribution < 1.29 is 4.48 Å². The molecule has 0 N–H and O–H groups in total. The average Bonchev–Trinajstić information content (AvgIpc) is 2.18. The minimum absolute atomic E-state index is 1.22. The number of nitrogens with zero attached hydrogens (tertiary/aromatic N) is 2. The fourth-order valence-corrected chi connectivity index (χ4v) is 2.19. The van der Waals surface area contributed by atoms with Gasteiger partial charge >= 0.3 is 0 Å². The summed E-state index contributed by atoms with van der Waals surface area (Å²) in [5, 5.41) is 0. The van der Waals surface area contributed by atoms with E-state index >= 15 is 0 Å². The Morgan fingerprint density at radius 1 is 1.17 bits per heavy atom. The third-order valence-corrected chi connectivity index (χ3v) is 3.40. The predicted octanol–water partition coefficient (Wildman–Crippen LogP) is 1.53. The van der Waals surface area contributed by atoms with Crippen molar-refractivity contribution in [3.05, 3.63) is 0 Å². The van der Waals surface area contributed by atoms with Crippen LogP contribution in [-0.4, -0.2) is 48.8 Å². The Bertz CT molecular complexity index is 130. The van der Waals surface area contributed by atoms with Gasteiger partial charge in [-0.25, -0.2) is 0 Å². The molecule has 0 atom stereocenters. The summed E-state index contributed by atoms with van der Waals surface area (Å²) in [4.78, 5) is 2.58. The lowest BCUT2D eigenvalue weighted by Crippen LogP contribution is -2.58. The molecule has 0 saturated carbocycles. The molecule has 0 aliphatic carbocycles. The second-order valence-electron chi connectivity index (χ2n) is 3.90. The summed E-state index contributed by atoms with van der Waals surface area (Å²) in [6.45, 7) is 14.7. The zero-order valence-corrected chi connectivity index (χ0v) is 8.84. The second kappa shape index (κ2) is 4.24. The first kappa shape index (κ1) is 10.0. The van der Waals surface area contributed by atoms with Crippen LogP contribution in [0.4, 0.5) is 0 Å². The Kier molecular flexibility index (Phi) is 3.53. The molecular weight excluding hydrogens is 148 g/mol. The van der Waals surface area contributed by atoms with Gasteiger partial charge in [-0.2, -0.15) is 0 Å². The first-order chi connectivity index (χ1) is 5.76. The highest BCUT2D eigenvalue weighted by Gasteiger charge is 2.29. The molecule has 1 fully saturated rings. The van der Waals surface area contributed by atoms with Gasteiger partial charge in [0.15, 0.2) is 0 Å². The monoisotopic (exact) mass is 171 g/mol. The first-order valence-electron chi connectivity index (χ1n) is 5.33. The van der Waals surface area contributed by atoms with E-state index in [9.17, 15) is 0 Å². The predicted molar refractivity (Wildman–Crippen MR) is 52.9 cm³/mol. The van der Waals surface area contributed by atoms with Crippen LogP contribution in [0, 0.1) is 0 Å². The molecule has 0 aromatic rings. The van der Waals surface area contributed by atoms with Gasteiger partial charge in [0, 0.05) is 19.5 Å². The van der Waals surface area contributed by atoms with Crippen LogP contribution in [-0.2, 0) is 0 Å². The molecule has 72 valence electrons. The summed E-state index contributed by atoms with van der Waals surface area (Å²) in [7, 11) is 0.